The summed E-state index contributed by atoms with van der Waals surface area (Å²) in [5.74, 6) is -0.391. The number of carbonyl (C=O) groups excluding carboxylic acids is 2. The summed E-state index contributed by atoms with van der Waals surface area (Å²) >= 11 is 5.07. The summed E-state index contributed by atoms with van der Waals surface area (Å²) in [6.45, 7) is 2.41. The van der Waals surface area contributed by atoms with Crippen LogP contribution in [0.25, 0.3) is 0 Å². The van der Waals surface area contributed by atoms with E-state index in [9.17, 15) is 18.0 Å². The minimum atomic E-state index is -3.65. The van der Waals surface area contributed by atoms with E-state index in [0.717, 1.165) is 4.31 Å². The maximum Gasteiger partial charge on any atom is 0.251 e. The van der Waals surface area contributed by atoms with Crippen LogP contribution >= 0.6 is 12.2 Å². The van der Waals surface area contributed by atoms with Gasteiger partial charge in [0.25, 0.3) is 5.91 Å². The van der Waals surface area contributed by atoms with Gasteiger partial charge in [0.15, 0.2) is 10.6 Å². The number of benzene rings is 1. The molecule has 0 aliphatic rings. The molecular weight excluding hydrogens is 404 g/mol. The number of carbonyl (C=O) groups is 2. The lowest BCUT2D eigenvalue weighted by molar-refractivity contribution is -0.120. The average molecular weight is 427 g/mol. The second-order valence-corrected chi connectivity index (χ2v) is 8.50. The van der Waals surface area contributed by atoms with Crippen LogP contribution in [0.3, 0.4) is 0 Å². The minimum absolute atomic E-state index is 0.00280. The van der Waals surface area contributed by atoms with Gasteiger partial charge < -0.3 is 15.2 Å². The number of nitrogens with one attached hydrogen (secondary N) is 3. The molecule has 10 nitrogen and oxygen atoms in total. The molecule has 1 aromatic heterocycles. The molecule has 0 fully saturated rings. The number of nitrogens with zero attached hydrogens (tertiary/aromatic N) is 3. The quantitative estimate of drug-likeness (QED) is 0.519. The molecule has 0 atom stereocenters. The largest absolute Gasteiger partial charge is 0.347 e. The van der Waals surface area contributed by atoms with E-state index in [4.69, 9.17) is 12.2 Å². The Morgan fingerprint density at radius 2 is 2.00 bits per heavy atom. The van der Waals surface area contributed by atoms with Crippen molar-refractivity contribution in [2.75, 3.05) is 20.6 Å². The third kappa shape index (κ3) is 5.03. The Balaban J connectivity index is 1.95. The average Bonchev–Trinajstić information content (AvgIpc) is 3.03. The Bertz CT molecular complexity index is 1030. The van der Waals surface area contributed by atoms with Crippen LogP contribution in [0.2, 0.25) is 0 Å². The van der Waals surface area contributed by atoms with Crippen molar-refractivity contribution in [3.63, 3.8) is 0 Å². The first-order valence-electron chi connectivity index (χ1n) is 8.38. The Morgan fingerprint density at radius 1 is 1.29 bits per heavy atom. The number of hydrogen-bond donors (Lipinski definition) is 3. The first kappa shape index (κ1) is 21.7. The van der Waals surface area contributed by atoms with Gasteiger partial charge in [-0.1, -0.05) is 6.07 Å². The molecule has 1 heterocycles. The van der Waals surface area contributed by atoms with Crippen molar-refractivity contribution in [2.45, 2.75) is 24.9 Å². The van der Waals surface area contributed by atoms with Gasteiger partial charge in [0.1, 0.15) is 0 Å². The highest BCUT2D eigenvalue weighted by Crippen LogP contribution is 2.14. The van der Waals surface area contributed by atoms with Gasteiger partial charge in [0, 0.05) is 26.2 Å². The smallest absolute Gasteiger partial charge is 0.251 e. The highest BCUT2D eigenvalue weighted by Gasteiger charge is 2.19. The molecule has 0 spiro atoms. The van der Waals surface area contributed by atoms with Gasteiger partial charge in [-0.15, -0.1) is 0 Å². The third-order valence-corrected chi connectivity index (χ3v) is 6.00. The highest BCUT2D eigenvalue weighted by atomic mass is 32.2. The Kier molecular flexibility index (Phi) is 7.05. The molecule has 3 N–H and O–H groups in total. The van der Waals surface area contributed by atoms with E-state index in [1.807, 2.05) is 6.92 Å². The summed E-state index contributed by atoms with van der Waals surface area (Å²) < 4.78 is 27.6. The molecule has 0 saturated carbocycles. The number of amides is 2. The van der Waals surface area contributed by atoms with E-state index in [-0.39, 0.29) is 23.5 Å². The van der Waals surface area contributed by atoms with Crippen LogP contribution in [0.15, 0.2) is 29.2 Å². The number of aromatic nitrogens is 3. The van der Waals surface area contributed by atoms with Crippen LogP contribution < -0.4 is 10.6 Å². The molecule has 12 heteroatoms. The van der Waals surface area contributed by atoms with Gasteiger partial charge in [-0.2, -0.15) is 5.10 Å². The Labute approximate surface area is 168 Å². The number of sulfonamides is 1. The van der Waals surface area contributed by atoms with E-state index in [1.165, 1.54) is 38.4 Å². The summed E-state index contributed by atoms with van der Waals surface area (Å²) in [6.07, 6.45) is 0. The zero-order valence-electron chi connectivity index (χ0n) is 15.7. The second kappa shape index (κ2) is 9.08. The standard InChI is InChI=1S/C16H22N6O4S2/c1-4-22-13(19-20-16(22)27)9-17-14(23)10-18-15(24)11-6-5-7-12(8-11)28(25,26)21(2)3/h5-8H,4,9-10H2,1-3H3,(H,17,23)(H,18,24)(H,20,27). The molecule has 0 unspecified atom stereocenters. The van der Waals surface area contributed by atoms with E-state index >= 15 is 0 Å². The second-order valence-electron chi connectivity index (χ2n) is 5.96. The first-order chi connectivity index (χ1) is 13.2. The van der Waals surface area contributed by atoms with Crippen molar-refractivity contribution in [2.24, 2.45) is 0 Å². The lowest BCUT2D eigenvalue weighted by Crippen LogP contribution is -2.37. The van der Waals surface area contributed by atoms with Gasteiger partial charge >= 0.3 is 0 Å². The molecule has 28 heavy (non-hydrogen) atoms. The number of aromatic amines is 1. The Hall–Kier alpha value is -2.57. The molecule has 0 saturated heterocycles. The van der Waals surface area contributed by atoms with E-state index in [2.05, 4.69) is 20.8 Å². The van der Waals surface area contributed by atoms with E-state index < -0.39 is 21.8 Å². The van der Waals surface area contributed by atoms with E-state index in [0.29, 0.717) is 17.1 Å². The molecule has 2 amide bonds. The number of rotatable bonds is 8. The fourth-order valence-corrected chi connectivity index (χ4v) is 3.55. The minimum Gasteiger partial charge on any atom is -0.347 e. The van der Waals surface area contributed by atoms with Crippen LogP contribution in [0.5, 0.6) is 0 Å². The zero-order chi connectivity index (χ0) is 20.9. The van der Waals surface area contributed by atoms with Crippen molar-refractivity contribution in [1.29, 1.82) is 0 Å². The van der Waals surface area contributed by atoms with Crippen molar-refractivity contribution in [1.82, 2.24) is 29.7 Å². The fourth-order valence-electron chi connectivity index (χ4n) is 2.32. The third-order valence-electron chi connectivity index (χ3n) is 3.88. The van der Waals surface area contributed by atoms with Gasteiger partial charge in [-0.05, 0) is 37.3 Å². The first-order valence-corrected chi connectivity index (χ1v) is 10.2. The van der Waals surface area contributed by atoms with Crippen LogP contribution in [-0.2, 0) is 27.9 Å². The SMILES string of the molecule is CCn1c(CNC(=O)CNC(=O)c2cccc(S(=O)(=O)N(C)C)c2)n[nH]c1=S. The molecule has 152 valence electrons. The number of H-pyrrole nitrogens is 1. The molecular formula is C16H22N6O4S2. The van der Waals surface area contributed by atoms with Crippen molar-refractivity contribution >= 4 is 34.1 Å². The lowest BCUT2D eigenvalue weighted by atomic mass is 10.2. The van der Waals surface area contributed by atoms with Crippen LogP contribution in [0.1, 0.15) is 23.1 Å². The van der Waals surface area contributed by atoms with E-state index in [1.54, 1.807) is 4.57 Å². The summed E-state index contributed by atoms with van der Waals surface area (Å²) in [7, 11) is -0.843. The van der Waals surface area contributed by atoms with Gasteiger partial charge in [-0.25, -0.2) is 12.7 Å². The molecule has 1 aromatic carbocycles. The predicted molar refractivity (Wildman–Crippen MR) is 105 cm³/mol. The molecule has 0 aliphatic carbocycles. The highest BCUT2D eigenvalue weighted by molar-refractivity contribution is 7.89. The Morgan fingerprint density at radius 3 is 2.64 bits per heavy atom. The molecule has 2 aromatic rings. The van der Waals surface area contributed by atoms with Crippen LogP contribution in [0, 0.1) is 4.77 Å². The van der Waals surface area contributed by atoms with Gasteiger partial charge in [0.05, 0.1) is 18.0 Å². The van der Waals surface area contributed by atoms with Gasteiger partial charge in [0.2, 0.25) is 15.9 Å². The fraction of sp³-hybridized carbons (Fsp3) is 0.375. The summed E-state index contributed by atoms with van der Waals surface area (Å²) in [4.78, 5) is 24.2. The maximum absolute atomic E-state index is 12.2. The van der Waals surface area contributed by atoms with Crippen molar-refractivity contribution in [3.05, 3.63) is 40.4 Å². The monoisotopic (exact) mass is 426 g/mol. The van der Waals surface area contributed by atoms with Crippen LogP contribution in [0.4, 0.5) is 0 Å². The van der Waals surface area contributed by atoms with Crippen LogP contribution in [-0.4, -0.2) is 59.9 Å². The molecule has 0 bridgehead atoms. The summed E-state index contributed by atoms with van der Waals surface area (Å²) in [6, 6.07) is 5.61. The molecule has 0 aliphatic heterocycles. The molecule has 0 radical (unpaired) electrons. The predicted octanol–water partition coefficient (Wildman–Crippen LogP) is 0.257. The lowest BCUT2D eigenvalue weighted by Gasteiger charge is -2.12. The summed E-state index contributed by atoms with van der Waals surface area (Å²) in [5, 5.41) is 11.8. The van der Waals surface area contributed by atoms with Crippen molar-refractivity contribution in [3.8, 4) is 0 Å². The zero-order valence-corrected chi connectivity index (χ0v) is 17.4. The van der Waals surface area contributed by atoms with Gasteiger partial charge in [-0.3, -0.25) is 14.7 Å². The number of hydrogen-bond acceptors (Lipinski definition) is 6. The summed E-state index contributed by atoms with van der Waals surface area (Å²) in [5.41, 5.74) is 0.141. The maximum atomic E-state index is 12.2. The molecule has 2 rings (SSSR count). The van der Waals surface area contributed by atoms with Crippen molar-refractivity contribution < 1.29 is 18.0 Å². The topological polar surface area (TPSA) is 129 Å². The normalized spacial score (nSPS) is 11.4.